The van der Waals surface area contributed by atoms with Crippen molar-refractivity contribution in [3.05, 3.63) is 0 Å². The van der Waals surface area contributed by atoms with Crippen molar-refractivity contribution in [2.24, 2.45) is 0 Å². The summed E-state index contributed by atoms with van der Waals surface area (Å²) in [5.74, 6) is 0. The summed E-state index contributed by atoms with van der Waals surface area (Å²) >= 11 is 0. The van der Waals surface area contributed by atoms with Crippen LogP contribution in [-0.4, -0.2) is 63.3 Å². The Morgan fingerprint density at radius 1 is 0.474 bits per heavy atom. The second-order valence-corrected chi connectivity index (χ2v) is 7.53. The molecule has 0 atom stereocenters. The predicted octanol–water partition coefficient (Wildman–Crippen LogP) is 3.91. The molecule has 0 fully saturated rings. The Morgan fingerprint density at radius 3 is 1.11 bits per heavy atom. The van der Waals surface area contributed by atoms with Crippen molar-refractivity contribution < 1.29 is 8.97 Å². The maximum atomic E-state index is 2.37. The summed E-state index contributed by atoms with van der Waals surface area (Å²) in [4.78, 5) is 0. The second-order valence-electron chi connectivity index (χ2n) is 7.53. The van der Waals surface area contributed by atoms with E-state index in [2.05, 4.69) is 42.0 Å². The van der Waals surface area contributed by atoms with Crippen LogP contribution in [0, 0.1) is 0 Å². The summed E-state index contributed by atoms with van der Waals surface area (Å²) in [6.45, 7) is 9.93. The molecule has 19 heavy (non-hydrogen) atoms. The van der Waals surface area contributed by atoms with Gasteiger partial charge in [0.2, 0.25) is 0 Å². The van der Waals surface area contributed by atoms with Crippen LogP contribution in [0.5, 0.6) is 0 Å². The van der Waals surface area contributed by atoms with Gasteiger partial charge in [0.05, 0.1) is 54.4 Å². The number of hydrogen-bond acceptors (Lipinski definition) is 0. The fraction of sp³-hybridized carbons (Fsp3) is 1.00. The van der Waals surface area contributed by atoms with Crippen LogP contribution < -0.4 is 0 Å². The minimum atomic E-state index is 1.21. The summed E-state index contributed by atoms with van der Waals surface area (Å²) in [5.41, 5.74) is 0. The summed E-state index contributed by atoms with van der Waals surface area (Å²) in [7, 11) is 9.48. The first kappa shape index (κ1) is 18.9. The van der Waals surface area contributed by atoms with Crippen molar-refractivity contribution in [3.8, 4) is 0 Å². The van der Waals surface area contributed by atoms with Gasteiger partial charge in [-0.3, -0.25) is 0 Å². The summed E-state index contributed by atoms with van der Waals surface area (Å²) < 4.78 is 2.41. The zero-order valence-corrected chi connectivity index (χ0v) is 14.7. The molecule has 0 spiro atoms. The highest BCUT2D eigenvalue weighted by Crippen LogP contribution is 2.10. The van der Waals surface area contributed by atoms with E-state index in [4.69, 9.17) is 0 Å². The van der Waals surface area contributed by atoms with Gasteiger partial charge in [-0.2, -0.15) is 0 Å². The minimum Gasteiger partial charge on any atom is -0.328 e. The van der Waals surface area contributed by atoms with Crippen molar-refractivity contribution >= 4 is 0 Å². The zero-order valence-electron chi connectivity index (χ0n) is 14.7. The lowest BCUT2D eigenvalue weighted by Crippen LogP contribution is -2.41. The highest BCUT2D eigenvalue weighted by atomic mass is 15.3. The number of unbranched alkanes of at least 4 members (excludes halogenated alkanes) is 4. The van der Waals surface area contributed by atoms with Gasteiger partial charge in [-0.25, -0.2) is 0 Å². The third-order valence-electron chi connectivity index (χ3n) is 4.18. The number of nitrogens with zero attached hydrogens (tertiary/aromatic N) is 2. The van der Waals surface area contributed by atoms with Crippen LogP contribution >= 0.6 is 0 Å². The molecule has 0 aliphatic carbocycles. The molecule has 0 rings (SSSR count). The molecule has 0 aromatic carbocycles. The third-order valence-corrected chi connectivity index (χ3v) is 4.18. The summed E-state index contributed by atoms with van der Waals surface area (Å²) in [5, 5.41) is 0. The van der Waals surface area contributed by atoms with Crippen LogP contribution in [0.1, 0.15) is 58.8 Å². The molecule has 0 bridgehead atoms. The Labute approximate surface area is 123 Å². The Bertz CT molecular complexity index is 187. The SMILES string of the molecule is CCC[N+](C)(C)CCCCCCC[N+](C)(C)CCC. The van der Waals surface area contributed by atoms with Crippen molar-refractivity contribution in [2.75, 3.05) is 54.4 Å². The fourth-order valence-electron chi connectivity index (χ4n) is 3.04. The van der Waals surface area contributed by atoms with E-state index in [1.807, 2.05) is 0 Å². The fourth-order valence-corrected chi connectivity index (χ4v) is 3.04. The molecule has 0 aliphatic heterocycles. The van der Waals surface area contributed by atoms with Crippen molar-refractivity contribution in [1.29, 1.82) is 0 Å². The van der Waals surface area contributed by atoms with Gasteiger partial charge in [0.1, 0.15) is 0 Å². The Hall–Kier alpha value is -0.0800. The van der Waals surface area contributed by atoms with Crippen molar-refractivity contribution in [2.45, 2.75) is 58.8 Å². The molecule has 2 heteroatoms. The third kappa shape index (κ3) is 11.4. The van der Waals surface area contributed by atoms with E-state index in [0.717, 1.165) is 0 Å². The highest BCUT2D eigenvalue weighted by Gasteiger charge is 2.13. The average Bonchev–Trinajstić information content (AvgIpc) is 2.27. The smallest absolute Gasteiger partial charge is 0.0782 e. The Kier molecular flexibility index (Phi) is 9.72. The lowest BCUT2D eigenvalue weighted by Gasteiger charge is -2.30. The first-order chi connectivity index (χ1) is 8.83. The van der Waals surface area contributed by atoms with Crippen LogP contribution in [0.15, 0.2) is 0 Å². The van der Waals surface area contributed by atoms with E-state index >= 15 is 0 Å². The van der Waals surface area contributed by atoms with Crippen LogP contribution in [0.2, 0.25) is 0 Å². The van der Waals surface area contributed by atoms with E-state index in [-0.39, 0.29) is 0 Å². The number of rotatable bonds is 12. The topological polar surface area (TPSA) is 0 Å². The van der Waals surface area contributed by atoms with E-state index in [1.165, 1.54) is 80.1 Å². The van der Waals surface area contributed by atoms with Gasteiger partial charge in [-0.1, -0.05) is 20.3 Å². The van der Waals surface area contributed by atoms with E-state index in [1.54, 1.807) is 0 Å². The van der Waals surface area contributed by atoms with Gasteiger partial charge >= 0.3 is 0 Å². The molecular weight excluding hydrogens is 232 g/mol. The van der Waals surface area contributed by atoms with Gasteiger partial charge < -0.3 is 8.97 Å². The molecule has 0 aliphatic rings. The molecular formula is C17H40N2+2. The molecule has 0 aromatic heterocycles. The predicted molar refractivity (Wildman–Crippen MR) is 87.4 cm³/mol. The van der Waals surface area contributed by atoms with Gasteiger partial charge in [-0.15, -0.1) is 0 Å². The standard InChI is InChI=1S/C17H40N2/c1-7-14-18(3,4)16-12-10-9-11-13-17-19(5,6)15-8-2/h7-17H2,1-6H3/q+2. The Balaban J connectivity index is 3.46. The van der Waals surface area contributed by atoms with Crippen LogP contribution in [-0.2, 0) is 0 Å². The van der Waals surface area contributed by atoms with Crippen molar-refractivity contribution in [1.82, 2.24) is 0 Å². The normalized spacial score (nSPS) is 12.9. The lowest BCUT2D eigenvalue weighted by molar-refractivity contribution is -0.890. The maximum Gasteiger partial charge on any atom is 0.0782 e. The molecule has 2 nitrogen and oxygen atoms in total. The largest absolute Gasteiger partial charge is 0.328 e. The zero-order chi connectivity index (χ0) is 14.8. The number of hydrogen-bond donors (Lipinski definition) is 0. The van der Waals surface area contributed by atoms with Gasteiger partial charge in [0, 0.05) is 0 Å². The van der Waals surface area contributed by atoms with Crippen molar-refractivity contribution in [3.63, 3.8) is 0 Å². The first-order valence-electron chi connectivity index (χ1n) is 8.47. The van der Waals surface area contributed by atoms with Gasteiger partial charge in [0.15, 0.2) is 0 Å². The molecule has 0 amide bonds. The van der Waals surface area contributed by atoms with E-state index < -0.39 is 0 Å². The maximum absolute atomic E-state index is 2.37. The average molecular weight is 273 g/mol. The highest BCUT2D eigenvalue weighted by molar-refractivity contribution is 4.45. The first-order valence-corrected chi connectivity index (χ1v) is 8.47. The molecule has 0 saturated heterocycles. The molecule has 0 radical (unpaired) electrons. The quantitative estimate of drug-likeness (QED) is 0.373. The van der Waals surface area contributed by atoms with Gasteiger partial charge in [-0.05, 0) is 38.5 Å². The van der Waals surface area contributed by atoms with Gasteiger partial charge in [0.25, 0.3) is 0 Å². The summed E-state index contributed by atoms with van der Waals surface area (Å²) in [6.07, 6.45) is 9.69. The molecule has 0 heterocycles. The molecule has 116 valence electrons. The molecule has 0 unspecified atom stereocenters. The lowest BCUT2D eigenvalue weighted by atomic mass is 10.1. The number of quaternary nitrogens is 2. The van der Waals surface area contributed by atoms with Crippen LogP contribution in [0.4, 0.5) is 0 Å². The summed E-state index contributed by atoms with van der Waals surface area (Å²) in [6, 6.07) is 0. The minimum absolute atomic E-state index is 1.21. The molecule has 0 aromatic rings. The van der Waals surface area contributed by atoms with E-state index in [0.29, 0.717) is 0 Å². The molecule has 0 N–H and O–H groups in total. The van der Waals surface area contributed by atoms with E-state index in [9.17, 15) is 0 Å². The monoisotopic (exact) mass is 272 g/mol. The molecule has 0 saturated carbocycles. The van der Waals surface area contributed by atoms with Crippen LogP contribution in [0.25, 0.3) is 0 Å². The Morgan fingerprint density at radius 2 is 0.789 bits per heavy atom. The second kappa shape index (κ2) is 9.77. The van der Waals surface area contributed by atoms with Crippen LogP contribution in [0.3, 0.4) is 0 Å².